The summed E-state index contributed by atoms with van der Waals surface area (Å²) in [5, 5.41) is 6.24. The van der Waals surface area contributed by atoms with Gasteiger partial charge in [-0.15, -0.1) is 0 Å². The number of carbonyl (C=O) groups excluding carboxylic acids is 1. The van der Waals surface area contributed by atoms with E-state index in [9.17, 15) is 4.79 Å². The molecular weight excluding hydrogens is 228 g/mol. The molecule has 0 saturated carbocycles. The molecule has 1 amide bonds. The zero-order chi connectivity index (χ0) is 12.4. The Balaban J connectivity index is 1.66. The fraction of sp³-hybridized carbons (Fsp3) is 0.500. The lowest BCUT2D eigenvalue weighted by atomic mass is 10.0. The third-order valence-corrected chi connectivity index (χ3v) is 3.58. The van der Waals surface area contributed by atoms with Gasteiger partial charge in [-0.2, -0.15) is 0 Å². The molecule has 18 heavy (non-hydrogen) atoms. The van der Waals surface area contributed by atoms with E-state index in [0.29, 0.717) is 0 Å². The summed E-state index contributed by atoms with van der Waals surface area (Å²) in [5.41, 5.74) is 2.06. The van der Waals surface area contributed by atoms with Crippen LogP contribution in [0.1, 0.15) is 24.8 Å². The Labute approximate surface area is 107 Å². The van der Waals surface area contributed by atoms with E-state index in [1.165, 1.54) is 12.0 Å². The topological polar surface area (TPSA) is 50.4 Å². The van der Waals surface area contributed by atoms with Crippen molar-refractivity contribution in [2.24, 2.45) is 0 Å². The Morgan fingerprint density at radius 1 is 1.39 bits per heavy atom. The highest BCUT2D eigenvalue weighted by atomic mass is 16.5. The molecule has 2 heterocycles. The summed E-state index contributed by atoms with van der Waals surface area (Å²) < 4.78 is 5.45. The largest absolute Gasteiger partial charge is 0.493 e. The molecule has 2 aliphatic rings. The molecule has 4 heteroatoms. The van der Waals surface area contributed by atoms with Gasteiger partial charge in [0.25, 0.3) is 0 Å². The third kappa shape index (κ3) is 2.34. The first-order valence-electron chi connectivity index (χ1n) is 6.63. The molecule has 96 valence electrons. The smallest absolute Gasteiger partial charge is 0.241 e. The maximum Gasteiger partial charge on any atom is 0.241 e. The minimum Gasteiger partial charge on any atom is -0.493 e. The van der Waals surface area contributed by atoms with Crippen molar-refractivity contribution in [2.75, 3.05) is 18.5 Å². The summed E-state index contributed by atoms with van der Waals surface area (Å²) in [7, 11) is 0. The predicted molar refractivity (Wildman–Crippen MR) is 69.9 cm³/mol. The minimum absolute atomic E-state index is 0.0387. The predicted octanol–water partition coefficient (Wildman–Crippen LogP) is 1.70. The number of fused-ring (bicyclic) bond motifs is 1. The monoisotopic (exact) mass is 246 g/mol. The van der Waals surface area contributed by atoms with Crippen LogP contribution in [0.3, 0.4) is 0 Å². The number of rotatable bonds is 2. The molecule has 0 radical (unpaired) electrons. The van der Waals surface area contributed by atoms with Gasteiger partial charge in [0.05, 0.1) is 12.6 Å². The zero-order valence-electron chi connectivity index (χ0n) is 10.4. The molecule has 0 aromatic heterocycles. The SMILES string of the molecule is O=C(Nc1ccc2c(c1)CCO2)[C@H]1CCCCN1. The second-order valence-electron chi connectivity index (χ2n) is 4.91. The van der Waals surface area contributed by atoms with Crippen LogP contribution in [0.4, 0.5) is 5.69 Å². The van der Waals surface area contributed by atoms with Crippen molar-refractivity contribution in [1.82, 2.24) is 5.32 Å². The van der Waals surface area contributed by atoms with Crippen LogP contribution >= 0.6 is 0 Å². The van der Waals surface area contributed by atoms with Gasteiger partial charge in [0.1, 0.15) is 5.75 Å². The number of ether oxygens (including phenoxy) is 1. The molecular formula is C14H18N2O2. The molecule has 0 bridgehead atoms. The Morgan fingerprint density at radius 3 is 3.17 bits per heavy atom. The Bertz CT molecular complexity index is 453. The van der Waals surface area contributed by atoms with E-state index in [-0.39, 0.29) is 11.9 Å². The molecule has 3 rings (SSSR count). The van der Waals surface area contributed by atoms with Crippen LogP contribution < -0.4 is 15.4 Å². The van der Waals surface area contributed by atoms with Gasteiger partial charge in [0, 0.05) is 12.1 Å². The van der Waals surface area contributed by atoms with E-state index in [2.05, 4.69) is 10.6 Å². The standard InChI is InChI=1S/C14H18N2O2/c17-14(12-3-1-2-7-15-12)16-11-4-5-13-10(9-11)6-8-18-13/h4-5,9,12,15H,1-3,6-8H2,(H,16,17)/t12-/m1/s1. The number of piperidine rings is 1. The van der Waals surface area contributed by atoms with Gasteiger partial charge in [0.2, 0.25) is 5.91 Å². The average molecular weight is 246 g/mol. The lowest BCUT2D eigenvalue weighted by Gasteiger charge is -2.22. The molecule has 2 aliphatic heterocycles. The number of anilines is 1. The van der Waals surface area contributed by atoms with Gasteiger partial charge < -0.3 is 15.4 Å². The second-order valence-corrected chi connectivity index (χ2v) is 4.91. The number of nitrogens with one attached hydrogen (secondary N) is 2. The van der Waals surface area contributed by atoms with E-state index in [1.807, 2.05) is 18.2 Å². The quantitative estimate of drug-likeness (QED) is 0.835. The highest BCUT2D eigenvalue weighted by Crippen LogP contribution is 2.27. The third-order valence-electron chi connectivity index (χ3n) is 3.58. The van der Waals surface area contributed by atoms with Crippen molar-refractivity contribution in [1.29, 1.82) is 0 Å². The van der Waals surface area contributed by atoms with Crippen LogP contribution in [-0.2, 0) is 11.2 Å². The minimum atomic E-state index is -0.0387. The maximum atomic E-state index is 12.1. The lowest BCUT2D eigenvalue weighted by Crippen LogP contribution is -2.43. The van der Waals surface area contributed by atoms with E-state index in [0.717, 1.165) is 43.9 Å². The van der Waals surface area contributed by atoms with Crippen LogP contribution in [-0.4, -0.2) is 25.1 Å². The summed E-state index contributed by atoms with van der Waals surface area (Å²) in [6.07, 6.45) is 4.16. The zero-order valence-corrected chi connectivity index (χ0v) is 10.4. The van der Waals surface area contributed by atoms with E-state index in [1.54, 1.807) is 0 Å². The molecule has 1 atom stereocenters. The molecule has 0 unspecified atom stereocenters. The first-order chi connectivity index (χ1) is 8.83. The van der Waals surface area contributed by atoms with Crippen molar-refractivity contribution >= 4 is 11.6 Å². The van der Waals surface area contributed by atoms with Gasteiger partial charge in [-0.05, 0) is 43.1 Å². The molecule has 1 fully saturated rings. The van der Waals surface area contributed by atoms with Crippen molar-refractivity contribution < 1.29 is 9.53 Å². The Morgan fingerprint density at radius 2 is 2.33 bits per heavy atom. The van der Waals surface area contributed by atoms with Gasteiger partial charge in [-0.1, -0.05) is 6.42 Å². The van der Waals surface area contributed by atoms with Gasteiger partial charge in [0.15, 0.2) is 0 Å². The van der Waals surface area contributed by atoms with Crippen molar-refractivity contribution in [3.05, 3.63) is 23.8 Å². The highest BCUT2D eigenvalue weighted by molar-refractivity contribution is 5.95. The van der Waals surface area contributed by atoms with Crippen LogP contribution in [0.25, 0.3) is 0 Å². The maximum absolute atomic E-state index is 12.1. The first-order valence-corrected chi connectivity index (χ1v) is 6.63. The highest BCUT2D eigenvalue weighted by Gasteiger charge is 2.21. The van der Waals surface area contributed by atoms with E-state index in [4.69, 9.17) is 4.74 Å². The summed E-state index contributed by atoms with van der Waals surface area (Å²) in [5.74, 6) is 1.03. The molecule has 0 spiro atoms. The van der Waals surface area contributed by atoms with Crippen molar-refractivity contribution in [3.63, 3.8) is 0 Å². The van der Waals surface area contributed by atoms with Gasteiger partial charge in [-0.3, -0.25) is 4.79 Å². The molecule has 0 aliphatic carbocycles. The number of hydrogen-bond acceptors (Lipinski definition) is 3. The Kier molecular flexibility index (Phi) is 3.19. The number of carbonyl (C=O) groups is 1. The van der Waals surface area contributed by atoms with Crippen molar-refractivity contribution in [2.45, 2.75) is 31.7 Å². The van der Waals surface area contributed by atoms with Crippen molar-refractivity contribution in [3.8, 4) is 5.75 Å². The first kappa shape index (κ1) is 11.5. The average Bonchev–Trinajstić information content (AvgIpc) is 2.87. The Hall–Kier alpha value is -1.55. The fourth-order valence-electron chi connectivity index (χ4n) is 2.57. The summed E-state index contributed by atoms with van der Waals surface area (Å²) in [4.78, 5) is 12.1. The van der Waals surface area contributed by atoms with Gasteiger partial charge >= 0.3 is 0 Å². The number of benzene rings is 1. The number of hydrogen-bond donors (Lipinski definition) is 2. The molecule has 1 saturated heterocycles. The van der Waals surface area contributed by atoms with Gasteiger partial charge in [-0.25, -0.2) is 0 Å². The van der Waals surface area contributed by atoms with Crippen LogP contribution in [0.5, 0.6) is 5.75 Å². The summed E-state index contributed by atoms with van der Waals surface area (Å²) in [6.45, 7) is 1.69. The molecule has 1 aromatic rings. The summed E-state index contributed by atoms with van der Waals surface area (Å²) in [6, 6.07) is 5.82. The molecule has 2 N–H and O–H groups in total. The van der Waals surface area contributed by atoms with Crippen LogP contribution in [0.2, 0.25) is 0 Å². The number of amides is 1. The summed E-state index contributed by atoms with van der Waals surface area (Å²) >= 11 is 0. The fourth-order valence-corrected chi connectivity index (χ4v) is 2.57. The van der Waals surface area contributed by atoms with Crippen LogP contribution in [0.15, 0.2) is 18.2 Å². The second kappa shape index (κ2) is 4.98. The molecule has 1 aromatic carbocycles. The lowest BCUT2D eigenvalue weighted by molar-refractivity contribution is -0.118. The van der Waals surface area contributed by atoms with Crippen LogP contribution in [0, 0.1) is 0 Å². The van der Waals surface area contributed by atoms with E-state index >= 15 is 0 Å². The van der Waals surface area contributed by atoms with E-state index < -0.39 is 0 Å². The molecule has 4 nitrogen and oxygen atoms in total. The normalized spacial score (nSPS) is 22.1.